The fourth-order valence-corrected chi connectivity index (χ4v) is 6.58. The predicted octanol–water partition coefficient (Wildman–Crippen LogP) is 7.77. The summed E-state index contributed by atoms with van der Waals surface area (Å²) in [5, 5.41) is 5.30. The second-order valence-corrected chi connectivity index (χ2v) is 13.1. The minimum absolute atomic E-state index is 0.0248. The molecule has 0 radical (unpaired) electrons. The van der Waals surface area contributed by atoms with E-state index in [9.17, 15) is 18.8 Å². The fraction of sp³-hybridized carbons (Fsp3) is 0.243. The Morgan fingerprint density at radius 3 is 2.22 bits per heavy atom. The minimum atomic E-state index is -1.28. The average Bonchev–Trinajstić information content (AvgIpc) is 3.79. The largest absolute Gasteiger partial charge is 0.453 e. The second kappa shape index (κ2) is 14.1. The topological polar surface area (TPSA) is 110 Å². The van der Waals surface area contributed by atoms with Crippen molar-refractivity contribution in [1.82, 2.24) is 9.88 Å². The highest BCUT2D eigenvalue weighted by Crippen LogP contribution is 2.48. The molecule has 2 N–H and O–H groups in total. The normalized spacial score (nSPS) is 13.8. The molecular formula is C37H34F2N4O5S. The number of anilines is 2. The first kappa shape index (κ1) is 33.7. The molecule has 3 aromatic carbocycles. The van der Waals surface area contributed by atoms with E-state index >= 15 is 4.39 Å². The van der Waals surface area contributed by atoms with Crippen LogP contribution in [0.5, 0.6) is 11.5 Å². The molecule has 2 heterocycles. The number of hydrogen-bond acceptors (Lipinski definition) is 7. The number of benzene rings is 3. The highest BCUT2D eigenvalue weighted by molar-refractivity contribution is 7.22. The van der Waals surface area contributed by atoms with E-state index in [4.69, 9.17) is 9.47 Å². The van der Waals surface area contributed by atoms with Crippen LogP contribution in [-0.4, -0.2) is 47.4 Å². The third-order valence-corrected chi connectivity index (χ3v) is 9.63. The second-order valence-electron chi connectivity index (χ2n) is 12.0. The molecule has 9 nitrogen and oxygen atoms in total. The van der Waals surface area contributed by atoms with Crippen molar-refractivity contribution >= 4 is 50.6 Å². The van der Waals surface area contributed by atoms with Gasteiger partial charge in [-0.05, 0) is 73.4 Å². The van der Waals surface area contributed by atoms with Crippen LogP contribution in [-0.2, 0) is 25.7 Å². The summed E-state index contributed by atoms with van der Waals surface area (Å²) in [5.41, 5.74) is 1.91. The Kier molecular flexibility index (Phi) is 9.70. The van der Waals surface area contributed by atoms with E-state index in [0.717, 1.165) is 26.8 Å². The number of fused-ring (bicyclic) bond motifs is 1. The van der Waals surface area contributed by atoms with Gasteiger partial charge in [0.05, 0.1) is 22.9 Å². The molecule has 2 aromatic heterocycles. The molecule has 1 atom stereocenters. The van der Waals surface area contributed by atoms with Gasteiger partial charge in [-0.2, -0.15) is 0 Å². The number of ether oxygens (including phenoxy) is 2. The van der Waals surface area contributed by atoms with E-state index in [2.05, 4.69) is 15.6 Å². The van der Waals surface area contributed by atoms with Crippen LogP contribution in [0.15, 0.2) is 85.1 Å². The maximum Gasteiger partial charge on any atom is 0.240 e. The molecule has 0 saturated heterocycles. The van der Waals surface area contributed by atoms with Crippen molar-refractivity contribution in [2.24, 2.45) is 5.41 Å². The summed E-state index contributed by atoms with van der Waals surface area (Å²) in [7, 11) is 1.61. The molecule has 252 valence electrons. The lowest BCUT2D eigenvalue weighted by Gasteiger charge is -2.27. The number of rotatable bonds is 12. The van der Waals surface area contributed by atoms with Crippen molar-refractivity contribution in [3.63, 3.8) is 0 Å². The first-order valence-corrected chi connectivity index (χ1v) is 16.5. The monoisotopic (exact) mass is 684 g/mol. The van der Waals surface area contributed by atoms with Gasteiger partial charge in [-0.3, -0.25) is 19.4 Å². The zero-order chi connectivity index (χ0) is 34.7. The van der Waals surface area contributed by atoms with Gasteiger partial charge in [-0.25, -0.2) is 8.78 Å². The van der Waals surface area contributed by atoms with Gasteiger partial charge in [0.1, 0.15) is 17.0 Å². The maximum absolute atomic E-state index is 15.3. The first-order valence-electron chi connectivity index (χ1n) is 15.7. The SMILES string of the molecule is COCC(C)N(Cc1ccc(-c2cc3nccc(Oc4ccc(NC(=O)C5(C(=O)Nc6ccc(F)cc6)CC5)cc4F)c3s2)cc1)C(C)=O. The van der Waals surface area contributed by atoms with Crippen molar-refractivity contribution in [3.05, 3.63) is 102 Å². The number of amides is 3. The van der Waals surface area contributed by atoms with Crippen molar-refractivity contribution in [2.75, 3.05) is 24.4 Å². The smallest absolute Gasteiger partial charge is 0.240 e. The Hall–Kier alpha value is -5.20. The molecule has 1 saturated carbocycles. The number of nitrogens with one attached hydrogen (secondary N) is 2. The highest BCUT2D eigenvalue weighted by Gasteiger charge is 2.56. The lowest BCUT2D eigenvalue weighted by Crippen LogP contribution is -2.39. The van der Waals surface area contributed by atoms with E-state index in [1.165, 1.54) is 47.7 Å². The molecule has 5 aromatic rings. The molecule has 0 bridgehead atoms. The third kappa shape index (κ3) is 7.45. The quantitative estimate of drug-likeness (QED) is 0.130. The van der Waals surface area contributed by atoms with Gasteiger partial charge in [0.15, 0.2) is 11.6 Å². The van der Waals surface area contributed by atoms with Gasteiger partial charge in [0.25, 0.3) is 0 Å². The maximum atomic E-state index is 15.3. The summed E-state index contributed by atoms with van der Waals surface area (Å²) in [6.45, 7) is 4.41. The van der Waals surface area contributed by atoms with Gasteiger partial charge >= 0.3 is 0 Å². The lowest BCUT2D eigenvalue weighted by molar-refractivity contribution is -0.133. The van der Waals surface area contributed by atoms with Gasteiger partial charge in [0.2, 0.25) is 17.7 Å². The van der Waals surface area contributed by atoms with E-state index in [0.29, 0.717) is 42.9 Å². The molecule has 1 aliphatic rings. The number of carbonyl (C=O) groups is 3. The Bertz CT molecular complexity index is 2010. The lowest BCUT2D eigenvalue weighted by atomic mass is 10.0. The molecule has 1 unspecified atom stereocenters. The number of hydrogen-bond donors (Lipinski definition) is 2. The van der Waals surface area contributed by atoms with Crippen LogP contribution in [0, 0.1) is 17.0 Å². The Morgan fingerprint density at radius 1 is 0.918 bits per heavy atom. The van der Waals surface area contributed by atoms with Crippen LogP contribution in [0.1, 0.15) is 32.3 Å². The summed E-state index contributed by atoms with van der Waals surface area (Å²) in [4.78, 5) is 45.3. The number of thiophene rings is 1. The van der Waals surface area contributed by atoms with Gasteiger partial charge in [-0.15, -0.1) is 11.3 Å². The summed E-state index contributed by atoms with van der Waals surface area (Å²) in [6, 6.07) is 20.8. The number of pyridine rings is 1. The molecule has 49 heavy (non-hydrogen) atoms. The van der Waals surface area contributed by atoms with Crippen molar-refractivity contribution < 1.29 is 32.6 Å². The number of nitrogens with zero attached hydrogens (tertiary/aromatic N) is 2. The highest BCUT2D eigenvalue weighted by atomic mass is 32.1. The van der Waals surface area contributed by atoms with Crippen molar-refractivity contribution in [2.45, 2.75) is 39.3 Å². The van der Waals surface area contributed by atoms with E-state index in [1.54, 1.807) is 31.2 Å². The predicted molar refractivity (Wildman–Crippen MR) is 184 cm³/mol. The molecule has 12 heteroatoms. The molecule has 1 aliphatic carbocycles. The summed E-state index contributed by atoms with van der Waals surface area (Å²) in [6.07, 6.45) is 2.27. The molecule has 3 amide bonds. The number of aromatic nitrogens is 1. The number of halogens is 2. The number of methoxy groups -OCH3 is 1. The van der Waals surface area contributed by atoms with E-state index in [1.807, 2.05) is 37.3 Å². The van der Waals surface area contributed by atoms with Crippen LogP contribution in [0.25, 0.3) is 20.7 Å². The van der Waals surface area contributed by atoms with E-state index < -0.39 is 28.9 Å². The Labute approximate surface area is 285 Å². The number of carbonyl (C=O) groups excluding carboxylic acids is 3. The van der Waals surface area contributed by atoms with Crippen LogP contribution < -0.4 is 15.4 Å². The van der Waals surface area contributed by atoms with Gasteiger partial charge in [-0.1, -0.05) is 24.3 Å². The molecule has 6 rings (SSSR count). The minimum Gasteiger partial charge on any atom is -0.453 e. The standard InChI is InChI=1S/C37H34F2N4O5S/c1-22(21-47-3)43(23(2)44)20-24-4-6-25(7-5-24)33-19-30-34(49-33)32(14-17-40-30)48-31-13-12-28(18-29(31)39)42-36(46)37(15-16-37)35(45)41-27-10-8-26(38)9-11-27/h4-14,17-19,22H,15-16,20-21H2,1-3H3,(H,41,45)(H,42,46). The Morgan fingerprint density at radius 2 is 1.59 bits per heavy atom. The Balaban J connectivity index is 1.13. The van der Waals surface area contributed by atoms with Crippen LogP contribution in [0.4, 0.5) is 20.2 Å². The van der Waals surface area contributed by atoms with Crippen LogP contribution in [0.2, 0.25) is 0 Å². The van der Waals surface area contributed by atoms with Crippen molar-refractivity contribution in [3.8, 4) is 21.9 Å². The fourth-order valence-electron chi connectivity index (χ4n) is 5.51. The van der Waals surface area contributed by atoms with Crippen LogP contribution in [0.3, 0.4) is 0 Å². The summed E-state index contributed by atoms with van der Waals surface area (Å²) < 4.78 is 40.5. The van der Waals surface area contributed by atoms with Crippen LogP contribution >= 0.6 is 11.3 Å². The summed E-state index contributed by atoms with van der Waals surface area (Å²) in [5.74, 6) is -1.84. The molecule has 1 fully saturated rings. The molecular weight excluding hydrogens is 650 g/mol. The zero-order valence-corrected chi connectivity index (χ0v) is 27.9. The third-order valence-electron chi connectivity index (χ3n) is 8.44. The summed E-state index contributed by atoms with van der Waals surface area (Å²) >= 11 is 1.46. The first-order chi connectivity index (χ1) is 23.6. The van der Waals surface area contributed by atoms with Gasteiger partial charge < -0.3 is 25.0 Å². The van der Waals surface area contributed by atoms with Crippen molar-refractivity contribution in [1.29, 1.82) is 0 Å². The zero-order valence-electron chi connectivity index (χ0n) is 27.1. The van der Waals surface area contributed by atoms with E-state index in [-0.39, 0.29) is 23.4 Å². The molecule has 0 spiro atoms. The molecule has 0 aliphatic heterocycles. The average molecular weight is 685 g/mol. The van der Waals surface area contributed by atoms with Gasteiger partial charge in [0, 0.05) is 55.2 Å².